The summed E-state index contributed by atoms with van der Waals surface area (Å²) in [5.74, 6) is 0.374. The maximum Gasteiger partial charge on any atom is 0.161 e. The Balaban J connectivity index is 0.00000161. The number of nitrogens with one attached hydrogen (secondary N) is 1. The van der Waals surface area contributed by atoms with Crippen LogP contribution in [-0.2, 0) is 16.3 Å². The van der Waals surface area contributed by atoms with Crippen LogP contribution in [0.2, 0.25) is 0 Å². The van der Waals surface area contributed by atoms with E-state index in [1.165, 1.54) is 17.3 Å². The van der Waals surface area contributed by atoms with E-state index in [9.17, 15) is 8.42 Å². The third-order valence-electron chi connectivity index (χ3n) is 4.03. The van der Waals surface area contributed by atoms with Gasteiger partial charge in [0.1, 0.15) is 0 Å². The lowest BCUT2D eigenvalue weighted by atomic mass is 10.0. The van der Waals surface area contributed by atoms with Gasteiger partial charge >= 0.3 is 0 Å². The lowest BCUT2D eigenvalue weighted by molar-refractivity contribution is 0.601. The molecule has 2 fully saturated rings. The highest BCUT2D eigenvalue weighted by molar-refractivity contribution is 8.93. The van der Waals surface area contributed by atoms with Crippen LogP contribution in [0, 0.1) is 12.3 Å². The summed E-state index contributed by atoms with van der Waals surface area (Å²) >= 11 is 1.40. The average molecular weight is 391 g/mol. The van der Waals surface area contributed by atoms with Gasteiger partial charge in [-0.15, -0.1) is 17.0 Å². The summed E-state index contributed by atoms with van der Waals surface area (Å²) in [7, 11) is -2.96. The van der Waals surface area contributed by atoms with Crippen molar-refractivity contribution in [1.29, 1.82) is 5.41 Å². The van der Waals surface area contributed by atoms with Crippen molar-refractivity contribution in [2.24, 2.45) is 0 Å². The van der Waals surface area contributed by atoms with Gasteiger partial charge in [0.25, 0.3) is 0 Å². The molecule has 0 radical (unpaired) electrons. The molecule has 116 valence electrons. The summed E-state index contributed by atoms with van der Waals surface area (Å²) in [5.41, 5.74) is 3.33. The van der Waals surface area contributed by atoms with E-state index < -0.39 is 9.84 Å². The van der Waals surface area contributed by atoms with Gasteiger partial charge in [-0.2, -0.15) is 0 Å². The lowest BCUT2D eigenvalue weighted by Gasteiger charge is -2.28. The first kappa shape index (κ1) is 16.8. The van der Waals surface area contributed by atoms with Crippen LogP contribution in [0.25, 0.3) is 0 Å². The van der Waals surface area contributed by atoms with E-state index in [-0.39, 0.29) is 39.8 Å². The molecule has 7 heteroatoms. The van der Waals surface area contributed by atoms with Crippen LogP contribution in [0.3, 0.4) is 0 Å². The number of rotatable bonds is 2. The average Bonchev–Trinajstić information content (AvgIpc) is 2.80. The molecule has 0 amide bonds. The second-order valence-electron chi connectivity index (χ2n) is 5.41. The highest BCUT2D eigenvalue weighted by Crippen LogP contribution is 2.42. The van der Waals surface area contributed by atoms with Gasteiger partial charge in [-0.1, -0.05) is 36.9 Å². The number of anilines is 1. The van der Waals surface area contributed by atoms with Gasteiger partial charge in [-0.3, -0.25) is 5.41 Å². The fraction of sp³-hybridized carbons (Fsp3) is 0.500. The SMILES string of the molecule is Br.CCc1cccc(C)c1N1C(=N)SC2CS(=O)(=O)CC21. The largest absolute Gasteiger partial charge is 0.316 e. The fourth-order valence-corrected chi connectivity index (χ4v) is 6.90. The van der Waals surface area contributed by atoms with Gasteiger partial charge in [-0.05, 0) is 24.5 Å². The Morgan fingerprint density at radius 2 is 2.10 bits per heavy atom. The summed E-state index contributed by atoms with van der Waals surface area (Å²) in [6, 6.07) is 6.04. The summed E-state index contributed by atoms with van der Waals surface area (Å²) < 4.78 is 23.7. The predicted molar refractivity (Wildman–Crippen MR) is 94.9 cm³/mol. The van der Waals surface area contributed by atoms with Crippen molar-refractivity contribution in [2.45, 2.75) is 31.6 Å². The fourth-order valence-electron chi connectivity index (χ4n) is 3.12. The van der Waals surface area contributed by atoms with Crippen LogP contribution in [0.1, 0.15) is 18.1 Å². The second-order valence-corrected chi connectivity index (χ2v) is 8.79. The monoisotopic (exact) mass is 390 g/mol. The molecule has 2 unspecified atom stereocenters. The Kier molecular flexibility index (Phi) is 4.75. The number of fused-ring (bicyclic) bond motifs is 1. The first-order valence-electron chi connectivity index (χ1n) is 6.76. The van der Waals surface area contributed by atoms with E-state index in [1.54, 1.807) is 0 Å². The van der Waals surface area contributed by atoms with Crippen molar-refractivity contribution in [3.8, 4) is 0 Å². The van der Waals surface area contributed by atoms with Crippen LogP contribution < -0.4 is 4.90 Å². The van der Waals surface area contributed by atoms with E-state index in [0.29, 0.717) is 5.17 Å². The van der Waals surface area contributed by atoms with Crippen LogP contribution in [0.5, 0.6) is 0 Å². The van der Waals surface area contributed by atoms with E-state index in [2.05, 4.69) is 13.0 Å². The number of sulfone groups is 1. The topological polar surface area (TPSA) is 61.2 Å². The molecule has 2 saturated heterocycles. The number of benzene rings is 1. The number of aryl methyl sites for hydroxylation is 2. The first-order chi connectivity index (χ1) is 9.43. The molecule has 0 bridgehead atoms. The van der Waals surface area contributed by atoms with Gasteiger partial charge in [0.05, 0.1) is 17.5 Å². The van der Waals surface area contributed by atoms with Crippen LogP contribution in [-0.4, -0.2) is 36.4 Å². The number of halogens is 1. The molecule has 4 nitrogen and oxygen atoms in total. The van der Waals surface area contributed by atoms with Crippen molar-refractivity contribution < 1.29 is 8.42 Å². The maximum atomic E-state index is 11.9. The van der Waals surface area contributed by atoms with E-state index >= 15 is 0 Å². The number of hydrogen-bond acceptors (Lipinski definition) is 4. The summed E-state index contributed by atoms with van der Waals surface area (Å²) in [5, 5.41) is 8.73. The van der Waals surface area contributed by atoms with E-state index in [1.807, 2.05) is 24.0 Å². The minimum absolute atomic E-state index is 0. The van der Waals surface area contributed by atoms with Gasteiger partial charge in [-0.25, -0.2) is 8.42 Å². The molecule has 0 spiro atoms. The van der Waals surface area contributed by atoms with Gasteiger partial charge in [0.15, 0.2) is 15.0 Å². The Morgan fingerprint density at radius 3 is 2.76 bits per heavy atom. The maximum absolute atomic E-state index is 11.9. The zero-order valence-electron chi connectivity index (χ0n) is 12.0. The van der Waals surface area contributed by atoms with Crippen molar-refractivity contribution in [1.82, 2.24) is 0 Å². The molecule has 1 N–H and O–H groups in total. The van der Waals surface area contributed by atoms with Gasteiger partial charge in [0.2, 0.25) is 0 Å². The third kappa shape index (κ3) is 2.87. The molecule has 0 aliphatic carbocycles. The summed E-state index contributed by atoms with van der Waals surface area (Å²) in [6.07, 6.45) is 0.885. The number of thioether (sulfide) groups is 1. The van der Waals surface area contributed by atoms with Crippen molar-refractivity contribution in [2.75, 3.05) is 16.4 Å². The molecule has 21 heavy (non-hydrogen) atoms. The highest BCUT2D eigenvalue weighted by Gasteiger charge is 2.49. The van der Waals surface area contributed by atoms with Crippen LogP contribution >= 0.6 is 28.7 Å². The van der Waals surface area contributed by atoms with Gasteiger partial charge in [0, 0.05) is 10.9 Å². The van der Waals surface area contributed by atoms with Crippen LogP contribution in [0.4, 0.5) is 5.69 Å². The number of nitrogens with zero attached hydrogens (tertiary/aromatic N) is 1. The van der Waals surface area contributed by atoms with Gasteiger partial charge < -0.3 is 4.90 Å². The Bertz CT molecular complexity index is 676. The highest BCUT2D eigenvalue weighted by atomic mass is 79.9. The molecule has 1 aromatic carbocycles. The molecular formula is C14H19BrN2O2S2. The normalized spacial score (nSPS) is 26.6. The molecule has 3 rings (SSSR count). The Morgan fingerprint density at radius 1 is 1.38 bits per heavy atom. The Hall–Kier alpha value is -0.530. The molecule has 1 aromatic rings. The number of hydrogen-bond donors (Lipinski definition) is 1. The smallest absolute Gasteiger partial charge is 0.161 e. The minimum Gasteiger partial charge on any atom is -0.316 e. The lowest BCUT2D eigenvalue weighted by Crippen LogP contribution is -2.38. The zero-order valence-corrected chi connectivity index (χ0v) is 15.3. The Labute approximate surface area is 140 Å². The summed E-state index contributed by atoms with van der Waals surface area (Å²) in [6.45, 7) is 4.12. The molecule has 2 atom stereocenters. The first-order valence-corrected chi connectivity index (χ1v) is 9.46. The molecule has 0 aromatic heterocycles. The molecule has 2 heterocycles. The van der Waals surface area contributed by atoms with Crippen molar-refractivity contribution >= 4 is 49.4 Å². The standard InChI is InChI=1S/C14H18N2O2S2.BrH/c1-3-10-6-4-5-9(2)13(10)16-11-7-20(17,18)8-12(11)19-14(16)15;/h4-6,11-12,15H,3,7-8H2,1-2H3;1H. The zero-order chi connectivity index (χ0) is 14.5. The van der Waals surface area contributed by atoms with E-state index in [4.69, 9.17) is 5.41 Å². The number of para-hydroxylation sites is 1. The minimum atomic E-state index is -2.96. The van der Waals surface area contributed by atoms with Crippen molar-refractivity contribution in [3.05, 3.63) is 29.3 Å². The van der Waals surface area contributed by atoms with E-state index in [0.717, 1.165) is 17.7 Å². The quantitative estimate of drug-likeness (QED) is 0.842. The summed E-state index contributed by atoms with van der Waals surface area (Å²) in [4.78, 5) is 1.95. The van der Waals surface area contributed by atoms with Crippen LogP contribution in [0.15, 0.2) is 18.2 Å². The molecular weight excluding hydrogens is 372 g/mol. The predicted octanol–water partition coefficient (Wildman–Crippen LogP) is 2.79. The second kappa shape index (κ2) is 5.93. The molecule has 2 aliphatic rings. The molecule has 0 saturated carbocycles. The van der Waals surface area contributed by atoms with Crippen molar-refractivity contribution in [3.63, 3.8) is 0 Å². The number of amidine groups is 1. The third-order valence-corrected chi connectivity index (χ3v) is 7.16. The molecule has 2 aliphatic heterocycles.